The lowest BCUT2D eigenvalue weighted by Gasteiger charge is -2.42. The van der Waals surface area contributed by atoms with E-state index in [2.05, 4.69) is 10.3 Å². The smallest absolute Gasteiger partial charge is 0.248 e. The molecule has 4 nitrogen and oxygen atoms in total. The standard InChI is InChI=1S/C15H22N2O2/c1-19-15(8-3-9-15)10-16-12-4-2-5-13-11(12)6-7-14(18)17-13/h6-7,12,16H,2-5,8-10H2,1H3,(H,17,18). The number of rotatable bonds is 4. The van der Waals surface area contributed by atoms with E-state index >= 15 is 0 Å². The Morgan fingerprint density at radius 2 is 2.26 bits per heavy atom. The molecular formula is C15H22N2O2. The van der Waals surface area contributed by atoms with Crippen molar-refractivity contribution in [1.82, 2.24) is 10.3 Å². The Kier molecular flexibility index (Phi) is 3.46. The molecule has 0 aromatic carbocycles. The van der Waals surface area contributed by atoms with Gasteiger partial charge in [-0.2, -0.15) is 0 Å². The van der Waals surface area contributed by atoms with Crippen LogP contribution in [-0.2, 0) is 11.2 Å². The van der Waals surface area contributed by atoms with Gasteiger partial charge in [-0.3, -0.25) is 4.79 Å². The van der Waals surface area contributed by atoms with Crippen molar-refractivity contribution in [3.63, 3.8) is 0 Å². The van der Waals surface area contributed by atoms with Gasteiger partial charge in [-0.15, -0.1) is 0 Å². The van der Waals surface area contributed by atoms with Crippen LogP contribution >= 0.6 is 0 Å². The summed E-state index contributed by atoms with van der Waals surface area (Å²) in [7, 11) is 1.81. The number of hydrogen-bond donors (Lipinski definition) is 2. The SMILES string of the molecule is COC1(CNC2CCCc3[nH]c(=O)ccc32)CCC1. The van der Waals surface area contributed by atoms with Crippen LogP contribution in [0.1, 0.15) is 49.4 Å². The van der Waals surface area contributed by atoms with Crippen LogP contribution in [0.3, 0.4) is 0 Å². The summed E-state index contributed by atoms with van der Waals surface area (Å²) >= 11 is 0. The number of methoxy groups -OCH3 is 1. The van der Waals surface area contributed by atoms with Crippen LogP contribution < -0.4 is 10.9 Å². The maximum absolute atomic E-state index is 11.4. The fraction of sp³-hybridized carbons (Fsp3) is 0.667. The normalized spacial score (nSPS) is 24.6. The number of ether oxygens (including phenoxy) is 1. The van der Waals surface area contributed by atoms with Crippen molar-refractivity contribution in [3.05, 3.63) is 33.7 Å². The first-order chi connectivity index (χ1) is 9.22. The summed E-state index contributed by atoms with van der Waals surface area (Å²) in [6.07, 6.45) is 6.83. The molecule has 0 spiro atoms. The predicted octanol–water partition coefficient (Wildman–Crippen LogP) is 1.91. The van der Waals surface area contributed by atoms with Crippen molar-refractivity contribution in [1.29, 1.82) is 0 Å². The Hall–Kier alpha value is -1.13. The molecule has 0 saturated heterocycles. The van der Waals surface area contributed by atoms with Gasteiger partial charge in [0, 0.05) is 31.5 Å². The van der Waals surface area contributed by atoms with Crippen molar-refractivity contribution in [2.45, 2.75) is 50.2 Å². The molecule has 1 fully saturated rings. The highest BCUT2D eigenvalue weighted by Gasteiger charge is 2.37. The van der Waals surface area contributed by atoms with Gasteiger partial charge in [0.15, 0.2) is 0 Å². The monoisotopic (exact) mass is 262 g/mol. The lowest BCUT2D eigenvalue weighted by molar-refractivity contribution is -0.0711. The van der Waals surface area contributed by atoms with Crippen molar-refractivity contribution in [2.24, 2.45) is 0 Å². The molecule has 2 aliphatic carbocycles. The number of pyridine rings is 1. The minimum Gasteiger partial charge on any atom is -0.377 e. The van der Waals surface area contributed by atoms with Gasteiger partial charge < -0.3 is 15.0 Å². The quantitative estimate of drug-likeness (QED) is 0.871. The largest absolute Gasteiger partial charge is 0.377 e. The number of aromatic nitrogens is 1. The summed E-state index contributed by atoms with van der Waals surface area (Å²) in [5, 5.41) is 3.64. The second-order valence-corrected chi connectivity index (χ2v) is 5.82. The van der Waals surface area contributed by atoms with Crippen LogP contribution in [0.15, 0.2) is 16.9 Å². The number of aromatic amines is 1. The van der Waals surface area contributed by atoms with Crippen molar-refractivity contribution >= 4 is 0 Å². The first-order valence-corrected chi connectivity index (χ1v) is 7.23. The minimum atomic E-state index is 0.00625. The molecule has 0 amide bonds. The molecule has 104 valence electrons. The summed E-state index contributed by atoms with van der Waals surface area (Å²) in [4.78, 5) is 14.3. The highest BCUT2D eigenvalue weighted by Crippen LogP contribution is 2.36. The third-order valence-corrected chi connectivity index (χ3v) is 4.70. The van der Waals surface area contributed by atoms with E-state index in [-0.39, 0.29) is 11.2 Å². The van der Waals surface area contributed by atoms with Crippen LogP contribution in [-0.4, -0.2) is 24.2 Å². The van der Waals surface area contributed by atoms with Crippen LogP contribution in [0.4, 0.5) is 0 Å². The Morgan fingerprint density at radius 3 is 2.95 bits per heavy atom. The molecule has 4 heteroatoms. The summed E-state index contributed by atoms with van der Waals surface area (Å²) in [5.41, 5.74) is 2.43. The van der Waals surface area contributed by atoms with Gasteiger partial charge in [0.25, 0.3) is 0 Å². The van der Waals surface area contributed by atoms with Gasteiger partial charge in [0.05, 0.1) is 5.60 Å². The second kappa shape index (κ2) is 5.10. The number of fused-ring (bicyclic) bond motifs is 1. The molecule has 0 aliphatic heterocycles. The lowest BCUT2D eigenvalue weighted by atomic mass is 9.79. The van der Waals surface area contributed by atoms with E-state index in [1.54, 1.807) is 6.07 Å². The van der Waals surface area contributed by atoms with E-state index < -0.39 is 0 Å². The zero-order chi connectivity index (χ0) is 13.3. The van der Waals surface area contributed by atoms with Gasteiger partial charge in [-0.1, -0.05) is 6.07 Å². The number of H-pyrrole nitrogens is 1. The predicted molar refractivity (Wildman–Crippen MR) is 74.3 cm³/mol. The number of nitrogens with one attached hydrogen (secondary N) is 2. The summed E-state index contributed by atoms with van der Waals surface area (Å²) in [5.74, 6) is 0. The van der Waals surface area contributed by atoms with Crippen molar-refractivity contribution in [2.75, 3.05) is 13.7 Å². The lowest BCUT2D eigenvalue weighted by Crippen LogP contribution is -2.49. The Morgan fingerprint density at radius 1 is 1.42 bits per heavy atom. The van der Waals surface area contributed by atoms with E-state index in [0.717, 1.165) is 44.3 Å². The first-order valence-electron chi connectivity index (χ1n) is 7.23. The van der Waals surface area contributed by atoms with E-state index in [9.17, 15) is 4.79 Å². The van der Waals surface area contributed by atoms with Gasteiger partial charge in [0.1, 0.15) is 0 Å². The van der Waals surface area contributed by atoms with E-state index in [0.29, 0.717) is 6.04 Å². The van der Waals surface area contributed by atoms with E-state index in [1.807, 2.05) is 13.2 Å². The highest BCUT2D eigenvalue weighted by atomic mass is 16.5. The Labute approximate surface area is 113 Å². The molecule has 1 atom stereocenters. The molecule has 1 aromatic heterocycles. The molecule has 3 rings (SSSR count). The van der Waals surface area contributed by atoms with Crippen molar-refractivity contribution < 1.29 is 4.74 Å². The Bertz CT molecular complexity index is 500. The molecule has 2 aliphatic rings. The first kappa shape index (κ1) is 12.9. The van der Waals surface area contributed by atoms with Gasteiger partial charge in [-0.05, 0) is 44.1 Å². The summed E-state index contributed by atoms with van der Waals surface area (Å²) < 4.78 is 5.65. The zero-order valence-corrected chi connectivity index (χ0v) is 11.5. The number of hydrogen-bond acceptors (Lipinski definition) is 3. The fourth-order valence-electron chi connectivity index (χ4n) is 3.25. The average Bonchev–Trinajstić information content (AvgIpc) is 2.37. The fourth-order valence-corrected chi connectivity index (χ4v) is 3.25. The molecule has 1 unspecified atom stereocenters. The molecule has 1 heterocycles. The molecule has 19 heavy (non-hydrogen) atoms. The highest BCUT2D eigenvalue weighted by molar-refractivity contribution is 5.26. The zero-order valence-electron chi connectivity index (χ0n) is 11.5. The van der Waals surface area contributed by atoms with Gasteiger partial charge in [0.2, 0.25) is 5.56 Å². The van der Waals surface area contributed by atoms with E-state index in [4.69, 9.17) is 4.74 Å². The molecule has 1 aromatic rings. The van der Waals surface area contributed by atoms with Crippen LogP contribution in [0, 0.1) is 0 Å². The Balaban J connectivity index is 1.71. The molecule has 1 saturated carbocycles. The summed E-state index contributed by atoms with van der Waals surface area (Å²) in [6, 6.07) is 3.97. The maximum atomic E-state index is 11.4. The topological polar surface area (TPSA) is 54.1 Å². The van der Waals surface area contributed by atoms with Crippen LogP contribution in [0.25, 0.3) is 0 Å². The van der Waals surface area contributed by atoms with Gasteiger partial charge >= 0.3 is 0 Å². The second-order valence-electron chi connectivity index (χ2n) is 5.82. The van der Waals surface area contributed by atoms with Crippen molar-refractivity contribution in [3.8, 4) is 0 Å². The average molecular weight is 262 g/mol. The van der Waals surface area contributed by atoms with Gasteiger partial charge in [-0.25, -0.2) is 0 Å². The van der Waals surface area contributed by atoms with Crippen LogP contribution in [0.2, 0.25) is 0 Å². The third kappa shape index (κ3) is 2.47. The maximum Gasteiger partial charge on any atom is 0.248 e. The molecule has 2 N–H and O–H groups in total. The van der Waals surface area contributed by atoms with Crippen LogP contribution in [0.5, 0.6) is 0 Å². The van der Waals surface area contributed by atoms with E-state index in [1.165, 1.54) is 12.0 Å². The molecule has 0 radical (unpaired) electrons. The molecule has 0 bridgehead atoms. The number of aryl methyl sites for hydroxylation is 1. The summed E-state index contributed by atoms with van der Waals surface area (Å²) in [6.45, 7) is 0.909. The molecular weight excluding hydrogens is 240 g/mol. The minimum absolute atomic E-state index is 0.00625. The third-order valence-electron chi connectivity index (χ3n) is 4.70.